The number of aromatic nitrogens is 1. The molecule has 2 aromatic carbocycles. The van der Waals surface area contributed by atoms with Crippen LogP contribution in [0.5, 0.6) is 0 Å². The molecule has 1 amide bonds. The normalized spacial score (nSPS) is 13.8. The van der Waals surface area contributed by atoms with Crippen molar-refractivity contribution in [3.63, 3.8) is 0 Å². The van der Waals surface area contributed by atoms with Crippen molar-refractivity contribution >= 4 is 33.1 Å². The molecule has 0 unspecified atom stereocenters. The number of benzene rings is 2. The molecule has 4 rings (SSSR count). The second-order valence-corrected chi connectivity index (χ2v) is 6.57. The van der Waals surface area contributed by atoms with Crippen molar-refractivity contribution < 1.29 is 4.79 Å². The van der Waals surface area contributed by atoms with Crippen molar-refractivity contribution in [2.45, 2.75) is 25.7 Å². The van der Waals surface area contributed by atoms with Crippen LogP contribution < -0.4 is 5.32 Å². The molecule has 1 N–H and O–H groups in total. The summed E-state index contributed by atoms with van der Waals surface area (Å²) in [6.07, 6.45) is 4.70. The van der Waals surface area contributed by atoms with Crippen molar-refractivity contribution in [3.05, 3.63) is 58.6 Å². The highest BCUT2D eigenvalue weighted by molar-refractivity contribution is 7.16. The number of hydrogen-bond acceptors (Lipinski definition) is 3. The number of carbonyl (C=O) groups is 1. The molecule has 0 atom stereocenters. The van der Waals surface area contributed by atoms with E-state index >= 15 is 0 Å². The second-order valence-electron chi connectivity index (χ2n) is 5.68. The minimum absolute atomic E-state index is 0.0442. The Morgan fingerprint density at radius 3 is 2.82 bits per heavy atom. The molecule has 0 saturated carbocycles. The first kappa shape index (κ1) is 13.5. The van der Waals surface area contributed by atoms with E-state index in [2.05, 4.69) is 22.4 Å². The molecule has 3 nitrogen and oxygen atoms in total. The quantitative estimate of drug-likeness (QED) is 0.761. The van der Waals surface area contributed by atoms with Gasteiger partial charge in [0.05, 0.1) is 15.7 Å². The fraction of sp³-hybridized carbons (Fsp3) is 0.222. The summed E-state index contributed by atoms with van der Waals surface area (Å²) in [6.45, 7) is 0. The van der Waals surface area contributed by atoms with Gasteiger partial charge in [-0.2, -0.15) is 0 Å². The van der Waals surface area contributed by atoms with Gasteiger partial charge in [0, 0.05) is 11.3 Å². The van der Waals surface area contributed by atoms with Crippen LogP contribution in [0, 0.1) is 0 Å². The number of nitrogens with one attached hydrogen (secondary N) is 1. The number of rotatable bonds is 2. The number of carbonyl (C=O) groups excluding carboxylic acids is 1. The highest BCUT2D eigenvalue weighted by atomic mass is 32.1. The van der Waals surface area contributed by atoms with E-state index in [-0.39, 0.29) is 5.91 Å². The topological polar surface area (TPSA) is 42.0 Å². The fourth-order valence-electron chi connectivity index (χ4n) is 3.01. The van der Waals surface area contributed by atoms with Gasteiger partial charge >= 0.3 is 0 Å². The lowest BCUT2D eigenvalue weighted by Gasteiger charge is -2.16. The molecule has 1 aliphatic rings. The lowest BCUT2D eigenvalue weighted by Crippen LogP contribution is -2.13. The fourth-order valence-corrected chi connectivity index (χ4v) is 3.73. The first-order valence-corrected chi connectivity index (χ1v) is 8.44. The zero-order chi connectivity index (χ0) is 14.9. The lowest BCUT2D eigenvalue weighted by molar-refractivity contribution is 0.102. The van der Waals surface area contributed by atoms with E-state index in [1.165, 1.54) is 24.0 Å². The van der Waals surface area contributed by atoms with Crippen LogP contribution in [0.2, 0.25) is 0 Å². The van der Waals surface area contributed by atoms with Gasteiger partial charge in [0.1, 0.15) is 0 Å². The van der Waals surface area contributed by atoms with Gasteiger partial charge in [-0.05, 0) is 67.1 Å². The van der Waals surface area contributed by atoms with Crippen molar-refractivity contribution in [3.8, 4) is 0 Å². The Hall–Kier alpha value is -2.20. The van der Waals surface area contributed by atoms with E-state index in [0.717, 1.165) is 34.3 Å². The zero-order valence-electron chi connectivity index (χ0n) is 12.1. The van der Waals surface area contributed by atoms with Crippen LogP contribution >= 0.6 is 11.3 Å². The number of aryl methyl sites for hydroxylation is 2. The average molecular weight is 308 g/mol. The molecule has 110 valence electrons. The van der Waals surface area contributed by atoms with E-state index in [9.17, 15) is 4.79 Å². The Balaban J connectivity index is 1.58. The van der Waals surface area contributed by atoms with Crippen molar-refractivity contribution in [1.82, 2.24) is 4.98 Å². The van der Waals surface area contributed by atoms with E-state index < -0.39 is 0 Å². The van der Waals surface area contributed by atoms with Gasteiger partial charge < -0.3 is 5.32 Å². The Morgan fingerprint density at radius 2 is 1.91 bits per heavy atom. The van der Waals surface area contributed by atoms with E-state index in [4.69, 9.17) is 0 Å². The molecule has 3 aromatic rings. The van der Waals surface area contributed by atoms with E-state index in [0.29, 0.717) is 0 Å². The average Bonchev–Trinajstić information content (AvgIpc) is 3.02. The molecule has 0 aliphatic heterocycles. The summed E-state index contributed by atoms with van der Waals surface area (Å²) in [4.78, 5) is 16.7. The Morgan fingerprint density at radius 1 is 1.05 bits per heavy atom. The van der Waals surface area contributed by atoms with Crippen LogP contribution in [0.25, 0.3) is 10.2 Å². The van der Waals surface area contributed by atoms with Gasteiger partial charge in [-0.1, -0.05) is 6.07 Å². The number of nitrogens with zero attached hydrogens (tertiary/aromatic N) is 1. The van der Waals surface area contributed by atoms with Crippen LogP contribution in [0.4, 0.5) is 5.69 Å². The van der Waals surface area contributed by atoms with Gasteiger partial charge in [0.25, 0.3) is 5.91 Å². The van der Waals surface area contributed by atoms with E-state index in [1.54, 1.807) is 11.3 Å². The molecular formula is C18H16N2OS. The van der Waals surface area contributed by atoms with Gasteiger partial charge in [0.2, 0.25) is 0 Å². The molecule has 0 radical (unpaired) electrons. The summed E-state index contributed by atoms with van der Waals surface area (Å²) in [6, 6.07) is 11.9. The standard InChI is InChI=1S/C18H16N2OS/c21-18(14-6-5-12-3-1-2-4-13(12)9-14)20-15-7-8-16-17(10-15)22-11-19-16/h5-11H,1-4H2,(H,20,21). The molecule has 0 spiro atoms. The van der Waals surface area contributed by atoms with Crippen LogP contribution in [-0.2, 0) is 12.8 Å². The van der Waals surface area contributed by atoms with Gasteiger partial charge in [-0.3, -0.25) is 4.79 Å². The molecule has 0 saturated heterocycles. The smallest absolute Gasteiger partial charge is 0.255 e. The Kier molecular flexibility index (Phi) is 3.39. The monoisotopic (exact) mass is 308 g/mol. The number of fused-ring (bicyclic) bond motifs is 2. The first-order chi connectivity index (χ1) is 10.8. The number of anilines is 1. The third-order valence-corrected chi connectivity index (χ3v) is 4.99. The number of thiazole rings is 1. The van der Waals surface area contributed by atoms with Gasteiger partial charge in [0.15, 0.2) is 0 Å². The highest BCUT2D eigenvalue weighted by Gasteiger charge is 2.13. The Labute approximate surface area is 133 Å². The highest BCUT2D eigenvalue weighted by Crippen LogP contribution is 2.24. The SMILES string of the molecule is O=C(Nc1ccc2ncsc2c1)c1ccc2c(c1)CCCC2. The maximum Gasteiger partial charge on any atom is 0.255 e. The second kappa shape index (κ2) is 5.54. The third kappa shape index (κ3) is 2.50. The first-order valence-electron chi connectivity index (χ1n) is 7.56. The van der Waals surface area contributed by atoms with Crippen LogP contribution in [0.1, 0.15) is 34.3 Å². The van der Waals surface area contributed by atoms with Crippen molar-refractivity contribution in [1.29, 1.82) is 0 Å². The van der Waals surface area contributed by atoms with Crippen LogP contribution in [0.15, 0.2) is 41.9 Å². The van der Waals surface area contributed by atoms with Gasteiger partial charge in [-0.25, -0.2) is 4.98 Å². The summed E-state index contributed by atoms with van der Waals surface area (Å²) in [7, 11) is 0. The maximum atomic E-state index is 12.5. The lowest BCUT2D eigenvalue weighted by atomic mass is 9.90. The van der Waals surface area contributed by atoms with Gasteiger partial charge in [-0.15, -0.1) is 11.3 Å². The molecular weight excluding hydrogens is 292 g/mol. The summed E-state index contributed by atoms with van der Waals surface area (Å²) in [5, 5.41) is 2.99. The van der Waals surface area contributed by atoms with E-state index in [1.807, 2.05) is 29.8 Å². The minimum atomic E-state index is -0.0442. The largest absolute Gasteiger partial charge is 0.322 e. The summed E-state index contributed by atoms with van der Waals surface area (Å²) in [5.41, 5.74) is 7.08. The van der Waals surface area contributed by atoms with Crippen LogP contribution in [-0.4, -0.2) is 10.9 Å². The van der Waals surface area contributed by atoms with Crippen molar-refractivity contribution in [2.75, 3.05) is 5.32 Å². The number of amides is 1. The van der Waals surface area contributed by atoms with Crippen molar-refractivity contribution in [2.24, 2.45) is 0 Å². The maximum absolute atomic E-state index is 12.5. The molecule has 1 aromatic heterocycles. The summed E-state index contributed by atoms with van der Waals surface area (Å²) in [5.74, 6) is -0.0442. The summed E-state index contributed by atoms with van der Waals surface area (Å²) < 4.78 is 1.09. The molecule has 22 heavy (non-hydrogen) atoms. The zero-order valence-corrected chi connectivity index (χ0v) is 13.0. The predicted molar refractivity (Wildman–Crippen MR) is 90.7 cm³/mol. The molecule has 1 aliphatic carbocycles. The third-order valence-electron chi connectivity index (χ3n) is 4.20. The molecule has 1 heterocycles. The number of hydrogen-bond donors (Lipinski definition) is 1. The molecule has 0 bridgehead atoms. The molecule has 4 heteroatoms. The molecule has 0 fully saturated rings. The predicted octanol–water partition coefficient (Wildman–Crippen LogP) is 4.43. The minimum Gasteiger partial charge on any atom is -0.322 e. The summed E-state index contributed by atoms with van der Waals surface area (Å²) >= 11 is 1.58. The van der Waals surface area contributed by atoms with Crippen LogP contribution in [0.3, 0.4) is 0 Å². The Bertz CT molecular complexity index is 853.